The van der Waals surface area contributed by atoms with Gasteiger partial charge in [0.25, 0.3) is 0 Å². The van der Waals surface area contributed by atoms with E-state index >= 15 is 0 Å². The number of nitriles is 1. The lowest BCUT2D eigenvalue weighted by Crippen LogP contribution is -1.83. The maximum atomic E-state index is 9.31. The molecule has 22 heavy (non-hydrogen) atoms. The van der Waals surface area contributed by atoms with Crippen molar-refractivity contribution in [2.75, 3.05) is 0 Å². The zero-order chi connectivity index (χ0) is 15.5. The highest BCUT2D eigenvalue weighted by Crippen LogP contribution is 2.32. The minimum absolute atomic E-state index is 0.441. The third-order valence-corrected chi connectivity index (χ3v) is 4.32. The Bertz CT molecular complexity index is 876. The van der Waals surface area contributed by atoms with Crippen molar-refractivity contribution in [1.29, 1.82) is 5.26 Å². The van der Waals surface area contributed by atoms with Crippen LogP contribution in [0.4, 0.5) is 0 Å². The van der Waals surface area contributed by atoms with Gasteiger partial charge in [0.2, 0.25) is 0 Å². The molecule has 0 radical (unpaired) electrons. The normalized spacial score (nSPS) is 11.4. The number of aromatic nitrogens is 1. The molecule has 3 aromatic rings. The molecule has 0 aliphatic rings. The van der Waals surface area contributed by atoms with E-state index in [1.807, 2.05) is 11.4 Å². The summed E-state index contributed by atoms with van der Waals surface area (Å²) in [6.45, 7) is 0. The molecule has 3 nitrogen and oxygen atoms in total. The SMILES string of the molecule is N#C/C(=C\c1ccco1)c1nc(-c2ccc(Cl)cc2Cl)cs1. The molecule has 0 N–H and O–H groups in total. The summed E-state index contributed by atoms with van der Waals surface area (Å²) < 4.78 is 5.22. The van der Waals surface area contributed by atoms with E-state index in [1.165, 1.54) is 11.3 Å². The molecule has 2 heterocycles. The van der Waals surface area contributed by atoms with Crippen LogP contribution < -0.4 is 0 Å². The van der Waals surface area contributed by atoms with Crippen LogP contribution in [0, 0.1) is 11.3 Å². The van der Waals surface area contributed by atoms with Crippen molar-refractivity contribution in [2.24, 2.45) is 0 Å². The highest BCUT2D eigenvalue weighted by atomic mass is 35.5. The summed E-state index contributed by atoms with van der Waals surface area (Å²) in [6.07, 6.45) is 3.22. The van der Waals surface area contributed by atoms with Gasteiger partial charge in [-0.2, -0.15) is 5.26 Å². The van der Waals surface area contributed by atoms with E-state index in [1.54, 1.807) is 36.6 Å². The van der Waals surface area contributed by atoms with E-state index in [4.69, 9.17) is 27.6 Å². The van der Waals surface area contributed by atoms with Gasteiger partial charge < -0.3 is 4.42 Å². The van der Waals surface area contributed by atoms with Gasteiger partial charge in [-0.3, -0.25) is 0 Å². The van der Waals surface area contributed by atoms with E-state index in [0.29, 0.717) is 32.1 Å². The molecule has 3 rings (SSSR count). The lowest BCUT2D eigenvalue weighted by molar-refractivity contribution is 0.557. The molecule has 1 aromatic carbocycles. The first-order chi connectivity index (χ1) is 10.7. The van der Waals surface area contributed by atoms with E-state index in [2.05, 4.69) is 11.1 Å². The number of allylic oxidation sites excluding steroid dienone is 1. The standard InChI is InChI=1S/C16H8Cl2N2OS/c17-11-3-4-13(14(18)7-11)15-9-22-16(20-15)10(8-19)6-12-2-1-5-21-12/h1-7,9H/b10-6+. The van der Waals surface area contributed by atoms with Crippen LogP contribution in [0.15, 0.2) is 46.4 Å². The van der Waals surface area contributed by atoms with Gasteiger partial charge in [-0.15, -0.1) is 11.3 Å². The topological polar surface area (TPSA) is 49.8 Å². The molecule has 2 aromatic heterocycles. The van der Waals surface area contributed by atoms with Crippen LogP contribution in [0.3, 0.4) is 0 Å². The average Bonchev–Trinajstić information content (AvgIpc) is 3.16. The van der Waals surface area contributed by atoms with Gasteiger partial charge in [0.05, 0.1) is 22.6 Å². The van der Waals surface area contributed by atoms with Gasteiger partial charge in [0.1, 0.15) is 16.8 Å². The minimum atomic E-state index is 0.441. The molecule has 0 atom stereocenters. The van der Waals surface area contributed by atoms with E-state index in [9.17, 15) is 5.26 Å². The summed E-state index contributed by atoms with van der Waals surface area (Å²) >= 11 is 13.5. The summed E-state index contributed by atoms with van der Waals surface area (Å²) in [5.41, 5.74) is 1.93. The number of hydrogen-bond acceptors (Lipinski definition) is 4. The molecule has 0 unspecified atom stereocenters. The zero-order valence-corrected chi connectivity index (χ0v) is 13.4. The Morgan fingerprint density at radius 1 is 1.32 bits per heavy atom. The van der Waals surface area contributed by atoms with Crippen LogP contribution in [0.1, 0.15) is 10.8 Å². The fraction of sp³-hybridized carbons (Fsp3) is 0. The number of hydrogen-bond donors (Lipinski definition) is 0. The Hall–Kier alpha value is -2.06. The molecule has 0 saturated carbocycles. The van der Waals surface area contributed by atoms with Crippen LogP contribution in [0.2, 0.25) is 10.0 Å². The minimum Gasteiger partial charge on any atom is -0.465 e. The van der Waals surface area contributed by atoms with Gasteiger partial charge in [-0.05, 0) is 30.3 Å². The van der Waals surface area contributed by atoms with Crippen LogP contribution >= 0.6 is 34.5 Å². The third-order valence-electron chi connectivity index (χ3n) is 2.89. The second-order valence-corrected chi connectivity index (χ2v) is 6.05. The second kappa shape index (κ2) is 6.37. The number of furan rings is 1. The summed E-state index contributed by atoms with van der Waals surface area (Å²) in [7, 11) is 0. The first-order valence-corrected chi connectivity index (χ1v) is 7.87. The first-order valence-electron chi connectivity index (χ1n) is 6.24. The molecule has 0 aliphatic carbocycles. The Kier molecular flexibility index (Phi) is 4.30. The van der Waals surface area contributed by atoms with Crippen LogP contribution in [0.25, 0.3) is 22.9 Å². The lowest BCUT2D eigenvalue weighted by Gasteiger charge is -2.00. The van der Waals surface area contributed by atoms with Gasteiger partial charge in [-0.25, -0.2) is 4.98 Å². The number of benzene rings is 1. The van der Waals surface area contributed by atoms with Crippen molar-refractivity contribution in [3.05, 3.63) is 62.8 Å². The Morgan fingerprint density at radius 3 is 2.86 bits per heavy atom. The fourth-order valence-corrected chi connectivity index (χ4v) is 3.17. The summed E-state index contributed by atoms with van der Waals surface area (Å²) in [5.74, 6) is 0.609. The van der Waals surface area contributed by atoms with Crippen molar-refractivity contribution < 1.29 is 4.42 Å². The second-order valence-electron chi connectivity index (χ2n) is 4.35. The number of halogens is 2. The molecular weight excluding hydrogens is 339 g/mol. The Labute approximate surface area is 141 Å². The largest absolute Gasteiger partial charge is 0.465 e. The average molecular weight is 347 g/mol. The quantitative estimate of drug-likeness (QED) is 0.565. The highest BCUT2D eigenvalue weighted by Gasteiger charge is 2.12. The molecule has 0 amide bonds. The molecule has 108 valence electrons. The van der Waals surface area contributed by atoms with Crippen LogP contribution in [-0.4, -0.2) is 4.98 Å². The van der Waals surface area contributed by atoms with Gasteiger partial charge in [-0.1, -0.05) is 23.2 Å². The van der Waals surface area contributed by atoms with Crippen molar-refractivity contribution in [3.63, 3.8) is 0 Å². The number of thiazole rings is 1. The molecule has 6 heteroatoms. The summed E-state index contributed by atoms with van der Waals surface area (Å²) in [5, 5.41) is 12.9. The van der Waals surface area contributed by atoms with E-state index < -0.39 is 0 Å². The molecule has 0 fully saturated rings. The first kappa shape index (κ1) is 14.9. The number of nitrogens with zero attached hydrogens (tertiary/aromatic N) is 2. The predicted octanol–water partition coefficient (Wildman–Crippen LogP) is 5.77. The Morgan fingerprint density at radius 2 is 2.18 bits per heavy atom. The molecule has 0 bridgehead atoms. The lowest BCUT2D eigenvalue weighted by atomic mass is 10.2. The van der Waals surface area contributed by atoms with E-state index in [-0.39, 0.29) is 0 Å². The molecule has 0 spiro atoms. The van der Waals surface area contributed by atoms with Crippen molar-refractivity contribution in [3.8, 4) is 17.3 Å². The maximum absolute atomic E-state index is 9.31. The predicted molar refractivity (Wildman–Crippen MR) is 89.8 cm³/mol. The van der Waals surface area contributed by atoms with Crippen molar-refractivity contribution in [1.82, 2.24) is 4.98 Å². The molecule has 0 saturated heterocycles. The monoisotopic (exact) mass is 346 g/mol. The zero-order valence-electron chi connectivity index (χ0n) is 11.1. The van der Waals surface area contributed by atoms with Crippen LogP contribution in [0.5, 0.6) is 0 Å². The van der Waals surface area contributed by atoms with Crippen molar-refractivity contribution >= 4 is 46.2 Å². The Balaban J connectivity index is 1.98. The molecule has 0 aliphatic heterocycles. The molecular formula is C16H8Cl2N2OS. The number of rotatable bonds is 3. The van der Waals surface area contributed by atoms with Crippen LogP contribution in [-0.2, 0) is 0 Å². The van der Waals surface area contributed by atoms with E-state index in [0.717, 1.165) is 5.56 Å². The van der Waals surface area contributed by atoms with Gasteiger partial charge >= 0.3 is 0 Å². The van der Waals surface area contributed by atoms with Gasteiger partial charge in [0.15, 0.2) is 0 Å². The summed E-state index contributed by atoms with van der Waals surface area (Å²) in [6, 6.07) is 10.9. The fourth-order valence-electron chi connectivity index (χ4n) is 1.88. The highest BCUT2D eigenvalue weighted by molar-refractivity contribution is 7.11. The third kappa shape index (κ3) is 3.07. The van der Waals surface area contributed by atoms with Crippen molar-refractivity contribution in [2.45, 2.75) is 0 Å². The maximum Gasteiger partial charge on any atom is 0.134 e. The van der Waals surface area contributed by atoms with Gasteiger partial charge in [0, 0.05) is 22.0 Å². The summed E-state index contributed by atoms with van der Waals surface area (Å²) in [4.78, 5) is 4.48. The smallest absolute Gasteiger partial charge is 0.134 e.